The zero-order valence-corrected chi connectivity index (χ0v) is 13.6. The van der Waals surface area contributed by atoms with E-state index in [1.165, 1.54) is 11.8 Å². The van der Waals surface area contributed by atoms with E-state index in [0.717, 1.165) is 25.1 Å². The average molecular weight is 351 g/mol. The Morgan fingerprint density at radius 3 is 2.64 bits per heavy atom. The first-order valence-corrected chi connectivity index (χ1v) is 7.66. The van der Waals surface area contributed by atoms with Crippen LogP contribution < -0.4 is 0 Å². The monoisotopic (exact) mass is 351 g/mol. The highest BCUT2D eigenvalue weighted by Crippen LogP contribution is 2.42. The van der Waals surface area contributed by atoms with Crippen LogP contribution in [0.5, 0.6) is 0 Å². The number of ether oxygens (including phenoxy) is 2. The number of nitrogens with zero attached hydrogens (tertiary/aromatic N) is 1. The first kappa shape index (κ1) is 17.1. The molecule has 2 heterocycles. The third kappa shape index (κ3) is 2.77. The highest BCUT2D eigenvalue weighted by molar-refractivity contribution is 6.05. The largest absolute Gasteiger partial charge is 0.456 e. The van der Waals surface area contributed by atoms with Crippen LogP contribution in [0.25, 0.3) is 0 Å². The molecule has 0 aromatic heterocycles. The predicted molar refractivity (Wildman–Crippen MR) is 79.5 cm³/mol. The molecule has 0 N–H and O–H groups in total. The highest BCUT2D eigenvalue weighted by Gasteiger charge is 2.53. The molecule has 0 radical (unpaired) electrons. The lowest BCUT2D eigenvalue weighted by atomic mass is 9.91. The number of halogens is 2. The van der Waals surface area contributed by atoms with Gasteiger partial charge in [-0.25, -0.2) is 8.78 Å². The van der Waals surface area contributed by atoms with E-state index in [2.05, 4.69) is 0 Å². The fourth-order valence-corrected chi connectivity index (χ4v) is 2.91. The molecular weight excluding hydrogens is 336 g/mol. The van der Waals surface area contributed by atoms with E-state index < -0.39 is 34.7 Å². The summed E-state index contributed by atoms with van der Waals surface area (Å²) < 4.78 is 38.3. The first-order chi connectivity index (χ1) is 11.7. The van der Waals surface area contributed by atoms with Gasteiger partial charge in [0.15, 0.2) is 0 Å². The Morgan fingerprint density at radius 2 is 2.04 bits per heavy atom. The molecule has 0 aliphatic carbocycles. The number of rotatable bonds is 3. The Morgan fingerprint density at radius 1 is 1.32 bits per heavy atom. The van der Waals surface area contributed by atoms with Crippen LogP contribution in [0.2, 0.25) is 0 Å². The van der Waals surface area contributed by atoms with Crippen molar-refractivity contribution in [2.24, 2.45) is 0 Å². The maximum absolute atomic E-state index is 14.2. The van der Waals surface area contributed by atoms with E-state index in [9.17, 15) is 23.2 Å². The van der Waals surface area contributed by atoms with Gasteiger partial charge in [-0.05, 0) is 31.5 Å². The molecule has 1 aromatic carbocycles. The average Bonchev–Trinajstić information content (AvgIpc) is 3.06. The van der Waals surface area contributed by atoms with Crippen LogP contribution >= 0.6 is 0 Å². The number of amides is 1. The number of ketones is 1. The van der Waals surface area contributed by atoms with Crippen LogP contribution in [-0.4, -0.2) is 29.1 Å². The third-order valence-electron chi connectivity index (χ3n) is 4.14. The van der Waals surface area contributed by atoms with Gasteiger partial charge in [-0.2, -0.15) is 0 Å². The number of likely N-dealkylation sites (tertiary alicyclic amines) is 1. The summed E-state index contributed by atoms with van der Waals surface area (Å²) in [5.74, 6) is -4.29. The van der Waals surface area contributed by atoms with Gasteiger partial charge in [-0.3, -0.25) is 19.3 Å². The zero-order valence-electron chi connectivity index (χ0n) is 13.6. The molecule has 132 valence electrons. The molecular formula is C17H15F2NO5. The third-order valence-corrected chi connectivity index (χ3v) is 4.14. The Balaban J connectivity index is 2.09. The second-order valence-electron chi connectivity index (χ2n) is 5.97. The Kier molecular flexibility index (Phi) is 4.06. The van der Waals surface area contributed by atoms with Crippen LogP contribution in [-0.2, 0) is 29.5 Å². The van der Waals surface area contributed by atoms with Crippen molar-refractivity contribution in [2.45, 2.75) is 32.3 Å². The lowest BCUT2D eigenvalue weighted by Crippen LogP contribution is -2.34. The van der Waals surface area contributed by atoms with Crippen molar-refractivity contribution in [1.82, 2.24) is 4.90 Å². The summed E-state index contributed by atoms with van der Waals surface area (Å²) in [6.07, 6.45) is 0.789. The van der Waals surface area contributed by atoms with Gasteiger partial charge in [0.1, 0.15) is 11.6 Å². The highest BCUT2D eigenvalue weighted by atomic mass is 19.1. The van der Waals surface area contributed by atoms with E-state index in [0.29, 0.717) is 6.42 Å². The van der Waals surface area contributed by atoms with Gasteiger partial charge in [0.25, 0.3) is 5.78 Å². The molecule has 1 amide bonds. The molecule has 3 rings (SSSR count). The number of hydrogen-bond donors (Lipinski definition) is 0. The fourth-order valence-electron chi connectivity index (χ4n) is 2.91. The molecule has 1 aromatic rings. The number of carbonyl (C=O) groups excluding carboxylic acids is 3. The molecule has 0 bridgehead atoms. The topological polar surface area (TPSA) is 72.9 Å². The summed E-state index contributed by atoms with van der Waals surface area (Å²) in [6.45, 7) is 2.60. The van der Waals surface area contributed by atoms with E-state index >= 15 is 0 Å². The van der Waals surface area contributed by atoms with Crippen LogP contribution in [0.1, 0.15) is 32.3 Å². The van der Waals surface area contributed by atoms with Crippen LogP contribution in [0.15, 0.2) is 29.8 Å². The minimum atomic E-state index is -1.95. The van der Waals surface area contributed by atoms with Crippen molar-refractivity contribution >= 4 is 17.7 Å². The molecule has 25 heavy (non-hydrogen) atoms. The SMILES string of the molecule is CC(=O)OC1=C(N2CCCC2=O)OC(C)(c2cc(F)ccc2F)C1=O. The molecule has 1 fully saturated rings. The molecule has 2 aliphatic rings. The standard InChI is InChI=1S/C17H15F2NO5/c1-9(21)24-14-15(23)17(2,11-8-10(18)5-6-12(11)19)25-16(14)20-7-3-4-13(20)22/h5-6,8H,3-4,7H2,1-2H3. The van der Waals surface area contributed by atoms with Crippen LogP contribution in [0.4, 0.5) is 8.78 Å². The van der Waals surface area contributed by atoms with Crippen molar-refractivity contribution in [1.29, 1.82) is 0 Å². The van der Waals surface area contributed by atoms with Crippen molar-refractivity contribution in [3.05, 3.63) is 47.0 Å². The molecule has 0 spiro atoms. The van der Waals surface area contributed by atoms with Crippen LogP contribution in [0, 0.1) is 11.6 Å². The summed E-state index contributed by atoms with van der Waals surface area (Å²) >= 11 is 0. The van der Waals surface area contributed by atoms with Crippen molar-refractivity contribution in [3.63, 3.8) is 0 Å². The quantitative estimate of drug-likeness (QED) is 0.780. The molecule has 6 nitrogen and oxygen atoms in total. The van der Waals surface area contributed by atoms with Gasteiger partial charge in [-0.15, -0.1) is 0 Å². The maximum atomic E-state index is 14.2. The number of esters is 1. The Bertz CT molecular complexity index is 819. The lowest BCUT2D eigenvalue weighted by Gasteiger charge is -2.26. The molecule has 1 unspecified atom stereocenters. The summed E-state index contributed by atoms with van der Waals surface area (Å²) in [5.41, 5.74) is -2.29. The molecule has 1 atom stereocenters. The summed E-state index contributed by atoms with van der Waals surface area (Å²) in [5, 5.41) is 0. The Hall–Kier alpha value is -2.77. The Labute approximate surface area is 142 Å². The van der Waals surface area contributed by atoms with Gasteiger partial charge < -0.3 is 9.47 Å². The number of Topliss-reactive ketones (excluding diaryl/α,β-unsaturated/α-hetero) is 1. The van der Waals surface area contributed by atoms with Crippen molar-refractivity contribution in [2.75, 3.05) is 6.54 Å². The normalized spacial score (nSPS) is 23.3. The fraction of sp³-hybridized carbons (Fsp3) is 0.353. The molecule has 8 heteroatoms. The van der Waals surface area contributed by atoms with Gasteiger partial charge in [0, 0.05) is 25.5 Å². The van der Waals surface area contributed by atoms with Gasteiger partial charge in [0.05, 0.1) is 0 Å². The smallest absolute Gasteiger partial charge is 0.308 e. The van der Waals surface area contributed by atoms with E-state index in [4.69, 9.17) is 9.47 Å². The van der Waals surface area contributed by atoms with E-state index in [1.54, 1.807) is 0 Å². The predicted octanol–water partition coefficient (Wildman–Crippen LogP) is 2.13. The zero-order chi connectivity index (χ0) is 18.4. The minimum Gasteiger partial charge on any atom is -0.456 e. The van der Waals surface area contributed by atoms with E-state index in [1.807, 2.05) is 0 Å². The van der Waals surface area contributed by atoms with Gasteiger partial charge in [0.2, 0.25) is 23.2 Å². The summed E-state index contributed by atoms with van der Waals surface area (Å²) in [4.78, 5) is 37.3. The van der Waals surface area contributed by atoms with Crippen LogP contribution in [0.3, 0.4) is 0 Å². The first-order valence-electron chi connectivity index (χ1n) is 7.66. The van der Waals surface area contributed by atoms with Crippen molar-refractivity contribution in [3.8, 4) is 0 Å². The molecule has 0 saturated carbocycles. The molecule has 2 aliphatic heterocycles. The van der Waals surface area contributed by atoms with E-state index in [-0.39, 0.29) is 30.3 Å². The number of benzene rings is 1. The second kappa shape index (κ2) is 5.94. The lowest BCUT2D eigenvalue weighted by molar-refractivity contribution is -0.142. The number of hydrogen-bond acceptors (Lipinski definition) is 5. The van der Waals surface area contributed by atoms with Gasteiger partial charge in [-0.1, -0.05) is 0 Å². The summed E-state index contributed by atoms with van der Waals surface area (Å²) in [7, 11) is 0. The molecule has 1 saturated heterocycles. The maximum Gasteiger partial charge on any atom is 0.308 e. The minimum absolute atomic E-state index is 0.242. The van der Waals surface area contributed by atoms with Gasteiger partial charge >= 0.3 is 5.97 Å². The second-order valence-corrected chi connectivity index (χ2v) is 5.97. The number of carbonyl (C=O) groups is 3. The summed E-state index contributed by atoms with van der Waals surface area (Å²) in [6, 6.07) is 2.62. The van der Waals surface area contributed by atoms with Crippen molar-refractivity contribution < 1.29 is 32.6 Å².